The molecule has 0 aliphatic heterocycles. The van der Waals surface area contributed by atoms with Crippen molar-refractivity contribution in [3.8, 4) is 0 Å². The molecule has 0 saturated heterocycles. The Morgan fingerprint density at radius 2 is 2.24 bits per heavy atom. The van der Waals surface area contributed by atoms with Crippen molar-refractivity contribution in [2.75, 3.05) is 6.61 Å². The van der Waals surface area contributed by atoms with Crippen LogP contribution in [0.5, 0.6) is 0 Å². The second-order valence-electron chi connectivity index (χ2n) is 4.68. The van der Waals surface area contributed by atoms with E-state index >= 15 is 0 Å². The molecule has 0 fully saturated rings. The molecule has 0 aliphatic carbocycles. The maximum absolute atomic E-state index is 11.9. The largest absolute Gasteiger partial charge is 0.464 e. The smallest absolute Gasteiger partial charge is 0.328 e. The molecule has 1 amide bonds. The predicted molar refractivity (Wildman–Crippen MR) is 79.7 cm³/mol. The average molecular weight is 287 g/mol. The van der Waals surface area contributed by atoms with Crippen molar-refractivity contribution in [2.45, 2.75) is 26.3 Å². The minimum Gasteiger partial charge on any atom is -0.464 e. The number of carbonyl (C=O) groups excluding carboxylic acids is 2. The highest BCUT2D eigenvalue weighted by Crippen LogP contribution is 2.15. The Labute approximate surface area is 124 Å². The van der Waals surface area contributed by atoms with Crippen molar-refractivity contribution in [3.05, 3.63) is 42.1 Å². The van der Waals surface area contributed by atoms with Gasteiger partial charge in [0.2, 0.25) is 5.91 Å². The van der Waals surface area contributed by atoms with E-state index in [1.165, 1.54) is 6.92 Å². The number of carbonyl (C=O) groups is 2. The Bertz CT molecular complexity index is 703. The third-order valence-electron chi connectivity index (χ3n) is 3.00. The maximum Gasteiger partial charge on any atom is 0.328 e. The Morgan fingerprint density at radius 1 is 1.43 bits per heavy atom. The lowest BCUT2D eigenvalue weighted by molar-refractivity contribution is -0.147. The Kier molecular flexibility index (Phi) is 4.41. The van der Waals surface area contributed by atoms with Gasteiger partial charge in [-0.05, 0) is 30.7 Å². The molecule has 1 aromatic carbocycles. The summed E-state index contributed by atoms with van der Waals surface area (Å²) in [5.74, 6) is -0.725. The van der Waals surface area contributed by atoms with E-state index in [9.17, 15) is 9.59 Å². The van der Waals surface area contributed by atoms with Crippen LogP contribution in [0.15, 0.2) is 36.5 Å². The van der Waals surface area contributed by atoms with Gasteiger partial charge in [-0.3, -0.25) is 9.78 Å². The second-order valence-corrected chi connectivity index (χ2v) is 4.68. The summed E-state index contributed by atoms with van der Waals surface area (Å²) in [5, 5.41) is 3.50. The molecule has 0 spiro atoms. The van der Waals surface area contributed by atoms with Crippen LogP contribution in [-0.2, 0) is 20.7 Å². The highest BCUT2D eigenvalue weighted by Gasteiger charge is 2.21. The van der Waals surface area contributed by atoms with Crippen LogP contribution in [0.2, 0.25) is 0 Å². The highest BCUT2D eigenvalue weighted by molar-refractivity contribution is 5.84. The molecule has 1 aromatic heterocycles. The number of benzene rings is 1. The van der Waals surface area contributed by atoms with E-state index < -0.39 is 12.0 Å². The van der Waals surface area contributed by atoms with E-state index in [0.717, 1.165) is 16.5 Å². The first-order valence-electron chi connectivity index (χ1n) is 7.29. The van der Waals surface area contributed by atoms with Crippen LogP contribution in [0.1, 0.15) is 20.8 Å². The van der Waals surface area contributed by atoms with Crippen molar-refractivity contribution in [1.29, 1.82) is 0 Å². The molecule has 5 heteroatoms. The normalized spacial score (nSPS) is 12.6. The fourth-order valence-electron chi connectivity index (χ4n) is 2.12. The number of pyridine rings is 1. The van der Waals surface area contributed by atoms with Gasteiger partial charge in [0.15, 0.2) is 0 Å². The number of rotatable bonds is 5. The van der Waals surface area contributed by atoms with Crippen LogP contribution in [-0.4, -0.2) is 29.5 Å². The first-order chi connectivity index (χ1) is 10.5. The van der Waals surface area contributed by atoms with Crippen molar-refractivity contribution in [2.24, 2.45) is 0 Å². The second kappa shape index (κ2) is 6.83. The SMILES string of the molecule is [2H]c1ccc2cc(C[C@H](NC(C)=O)C(=O)OCC)ccc2n1. The van der Waals surface area contributed by atoms with Gasteiger partial charge >= 0.3 is 5.97 Å². The number of aromatic nitrogens is 1. The molecule has 0 aliphatic rings. The lowest BCUT2D eigenvalue weighted by Crippen LogP contribution is -2.42. The molecule has 0 radical (unpaired) electrons. The van der Waals surface area contributed by atoms with Crippen molar-refractivity contribution in [1.82, 2.24) is 10.3 Å². The Morgan fingerprint density at radius 3 is 2.95 bits per heavy atom. The summed E-state index contributed by atoms with van der Waals surface area (Å²) in [6, 6.07) is 8.25. The van der Waals surface area contributed by atoms with Gasteiger partial charge in [-0.15, -0.1) is 0 Å². The molecule has 0 saturated carbocycles. The number of esters is 1. The number of hydrogen-bond donors (Lipinski definition) is 1. The van der Waals surface area contributed by atoms with E-state index in [1.54, 1.807) is 19.1 Å². The lowest BCUT2D eigenvalue weighted by atomic mass is 10.0. The maximum atomic E-state index is 11.9. The average Bonchev–Trinajstić information content (AvgIpc) is 2.46. The van der Waals surface area contributed by atoms with Crippen LogP contribution in [0.4, 0.5) is 0 Å². The summed E-state index contributed by atoms with van der Waals surface area (Å²) in [6.45, 7) is 3.36. The van der Waals surface area contributed by atoms with E-state index in [0.29, 0.717) is 6.42 Å². The molecule has 1 heterocycles. The zero-order chi connectivity index (χ0) is 16.1. The van der Waals surface area contributed by atoms with Gasteiger partial charge in [-0.2, -0.15) is 0 Å². The third kappa shape index (κ3) is 4.02. The van der Waals surface area contributed by atoms with E-state index in [1.807, 2.05) is 18.2 Å². The third-order valence-corrected chi connectivity index (χ3v) is 3.00. The van der Waals surface area contributed by atoms with E-state index in [-0.39, 0.29) is 18.7 Å². The summed E-state index contributed by atoms with van der Waals surface area (Å²) in [6.07, 6.45) is 0.555. The quantitative estimate of drug-likeness (QED) is 0.852. The van der Waals surface area contributed by atoms with Gasteiger partial charge in [-0.25, -0.2) is 4.79 Å². The zero-order valence-electron chi connectivity index (χ0n) is 13.1. The summed E-state index contributed by atoms with van der Waals surface area (Å²) in [5.41, 5.74) is 1.61. The van der Waals surface area contributed by atoms with Crippen molar-refractivity contribution >= 4 is 22.8 Å². The summed E-state index contributed by atoms with van der Waals surface area (Å²) in [4.78, 5) is 27.3. The topological polar surface area (TPSA) is 68.3 Å². The van der Waals surface area contributed by atoms with Crippen molar-refractivity contribution in [3.63, 3.8) is 0 Å². The van der Waals surface area contributed by atoms with Crippen LogP contribution in [0.3, 0.4) is 0 Å². The first-order valence-corrected chi connectivity index (χ1v) is 6.79. The first kappa shape index (κ1) is 13.5. The molecule has 2 rings (SSSR count). The standard InChI is InChI=1S/C16H18N2O3/c1-3-21-16(20)15(18-11(2)19)10-12-6-7-14-13(9-12)5-4-8-17-14/h4-9,15H,3,10H2,1-2H3,(H,18,19)/t15-/m0/s1/i8D. The lowest BCUT2D eigenvalue weighted by Gasteiger charge is -2.16. The van der Waals surface area contributed by atoms with Gasteiger partial charge in [0.25, 0.3) is 0 Å². The predicted octanol–water partition coefficient (Wildman–Crippen LogP) is 1.85. The van der Waals surface area contributed by atoms with Crippen LogP contribution >= 0.6 is 0 Å². The summed E-state index contributed by atoms with van der Waals surface area (Å²) >= 11 is 0. The molecule has 0 unspecified atom stereocenters. The molecular formula is C16H18N2O3. The molecule has 1 atom stereocenters. The van der Waals surface area contributed by atoms with Gasteiger partial charge in [0, 0.05) is 24.9 Å². The molecule has 2 aromatic rings. The van der Waals surface area contributed by atoms with Crippen molar-refractivity contribution < 1.29 is 15.7 Å². The molecule has 110 valence electrons. The Balaban J connectivity index is 2.23. The van der Waals surface area contributed by atoms with Crippen LogP contribution in [0, 0.1) is 0 Å². The molecule has 1 N–H and O–H groups in total. The van der Waals surface area contributed by atoms with Gasteiger partial charge in [0.1, 0.15) is 6.04 Å². The van der Waals surface area contributed by atoms with Gasteiger partial charge < -0.3 is 10.1 Å². The van der Waals surface area contributed by atoms with Crippen LogP contribution < -0.4 is 5.32 Å². The summed E-state index contributed by atoms with van der Waals surface area (Å²) in [7, 11) is 0. The van der Waals surface area contributed by atoms with E-state index in [4.69, 9.17) is 6.11 Å². The fourth-order valence-corrected chi connectivity index (χ4v) is 2.12. The highest BCUT2D eigenvalue weighted by atomic mass is 16.5. The molecule has 0 bridgehead atoms. The molecular weight excluding hydrogens is 268 g/mol. The number of ether oxygens (including phenoxy) is 1. The number of hydrogen-bond acceptors (Lipinski definition) is 4. The van der Waals surface area contributed by atoms with E-state index in [2.05, 4.69) is 10.3 Å². The zero-order valence-corrected chi connectivity index (χ0v) is 12.1. The number of nitrogens with zero attached hydrogens (tertiary/aromatic N) is 1. The minimum atomic E-state index is -0.710. The Hall–Kier alpha value is -2.43. The summed E-state index contributed by atoms with van der Waals surface area (Å²) < 4.78 is 12.5. The number of fused-ring (bicyclic) bond motifs is 1. The van der Waals surface area contributed by atoms with Gasteiger partial charge in [-0.1, -0.05) is 12.1 Å². The molecule has 5 nitrogen and oxygen atoms in total. The number of nitrogens with one attached hydrogen (secondary N) is 1. The fraction of sp³-hybridized carbons (Fsp3) is 0.312. The minimum absolute atomic E-state index is 0.211. The number of amides is 1. The molecule has 21 heavy (non-hydrogen) atoms. The van der Waals surface area contributed by atoms with Crippen LogP contribution in [0.25, 0.3) is 10.9 Å². The monoisotopic (exact) mass is 287 g/mol. The van der Waals surface area contributed by atoms with Gasteiger partial charge in [0.05, 0.1) is 13.5 Å².